The summed E-state index contributed by atoms with van der Waals surface area (Å²) in [7, 11) is 0. The summed E-state index contributed by atoms with van der Waals surface area (Å²) < 4.78 is 6.07. The van der Waals surface area contributed by atoms with Gasteiger partial charge in [-0.15, -0.1) is 0 Å². The van der Waals surface area contributed by atoms with Crippen LogP contribution >= 0.6 is 0 Å². The maximum atomic E-state index is 12.6. The molecule has 0 aromatic heterocycles. The summed E-state index contributed by atoms with van der Waals surface area (Å²) in [5.41, 5.74) is 0.996. The van der Waals surface area contributed by atoms with Crippen LogP contribution in [0.3, 0.4) is 0 Å². The molecule has 1 fully saturated rings. The average Bonchev–Trinajstić information content (AvgIpc) is 2.81. The molecule has 1 aromatic carbocycles. The van der Waals surface area contributed by atoms with Crippen molar-refractivity contribution in [2.75, 3.05) is 0 Å². The van der Waals surface area contributed by atoms with Gasteiger partial charge in [-0.05, 0) is 30.1 Å². The van der Waals surface area contributed by atoms with Crippen LogP contribution in [0.1, 0.15) is 37.4 Å². The molecule has 1 aliphatic carbocycles. The highest BCUT2D eigenvalue weighted by molar-refractivity contribution is 5.93. The van der Waals surface area contributed by atoms with Crippen molar-refractivity contribution in [3.63, 3.8) is 0 Å². The van der Waals surface area contributed by atoms with Crippen molar-refractivity contribution in [2.45, 2.75) is 31.8 Å². The van der Waals surface area contributed by atoms with E-state index in [0.717, 1.165) is 11.1 Å². The lowest BCUT2D eigenvalue weighted by Gasteiger charge is -2.30. The third-order valence-corrected chi connectivity index (χ3v) is 4.42. The molecule has 0 spiro atoms. The molecule has 1 heterocycles. The topological polar surface area (TPSA) is 50.1 Å². The minimum atomic E-state index is -0.783. The van der Waals surface area contributed by atoms with Crippen molar-refractivity contribution in [2.24, 2.45) is 5.41 Å². The molecule has 1 saturated heterocycles. The Morgan fingerprint density at radius 1 is 1.38 bits per heavy atom. The van der Waals surface area contributed by atoms with E-state index in [1.807, 2.05) is 36.4 Å². The second-order valence-electron chi connectivity index (χ2n) is 5.53. The molecule has 1 aliphatic heterocycles. The Morgan fingerprint density at radius 3 is 2.86 bits per heavy atom. The summed E-state index contributed by atoms with van der Waals surface area (Å²) in [6, 6.07) is 12.0. The van der Waals surface area contributed by atoms with Gasteiger partial charge in [-0.2, -0.15) is 5.26 Å². The van der Waals surface area contributed by atoms with Crippen molar-refractivity contribution in [3.8, 4) is 6.07 Å². The lowest BCUT2D eigenvalue weighted by molar-refractivity contribution is -0.126. The number of hydrogen-bond acceptors (Lipinski definition) is 3. The molecule has 0 radical (unpaired) electrons. The number of Topliss-reactive ketones (excluding diaryl/α,β-unsaturated/α-hetero) is 1. The Kier molecular flexibility index (Phi) is 3.39. The van der Waals surface area contributed by atoms with E-state index in [-0.39, 0.29) is 11.9 Å². The fourth-order valence-electron chi connectivity index (χ4n) is 3.33. The van der Waals surface area contributed by atoms with Gasteiger partial charge in [0.1, 0.15) is 17.3 Å². The van der Waals surface area contributed by atoms with Crippen LogP contribution in [0.5, 0.6) is 0 Å². The summed E-state index contributed by atoms with van der Waals surface area (Å²) in [4.78, 5) is 12.6. The maximum absolute atomic E-state index is 12.6. The van der Waals surface area contributed by atoms with E-state index >= 15 is 0 Å². The van der Waals surface area contributed by atoms with Crippen LogP contribution in [0, 0.1) is 16.7 Å². The third-order valence-electron chi connectivity index (χ3n) is 4.42. The van der Waals surface area contributed by atoms with Gasteiger partial charge in [0.2, 0.25) is 0 Å². The van der Waals surface area contributed by atoms with Crippen LogP contribution in [0.2, 0.25) is 0 Å². The van der Waals surface area contributed by atoms with E-state index in [2.05, 4.69) is 12.6 Å². The molecule has 3 nitrogen and oxygen atoms in total. The third kappa shape index (κ3) is 1.99. The van der Waals surface area contributed by atoms with E-state index in [4.69, 9.17) is 10.00 Å². The minimum absolute atomic E-state index is 0.138. The molecule has 0 bridgehead atoms. The first-order chi connectivity index (χ1) is 10.2. The summed E-state index contributed by atoms with van der Waals surface area (Å²) >= 11 is 0. The highest BCUT2D eigenvalue weighted by Crippen LogP contribution is 2.56. The van der Waals surface area contributed by atoms with Crippen molar-refractivity contribution < 1.29 is 9.53 Å². The molecule has 21 heavy (non-hydrogen) atoms. The molecule has 0 unspecified atom stereocenters. The zero-order valence-electron chi connectivity index (χ0n) is 11.8. The van der Waals surface area contributed by atoms with E-state index in [9.17, 15) is 4.79 Å². The highest BCUT2D eigenvalue weighted by Gasteiger charge is 2.54. The minimum Gasteiger partial charge on any atom is -0.485 e. The Bertz CT molecular complexity index is 654. The van der Waals surface area contributed by atoms with Gasteiger partial charge in [-0.25, -0.2) is 0 Å². The quantitative estimate of drug-likeness (QED) is 0.790. The van der Waals surface area contributed by atoms with E-state index in [1.54, 1.807) is 0 Å². The van der Waals surface area contributed by atoms with Crippen LogP contribution < -0.4 is 0 Å². The second kappa shape index (κ2) is 5.21. The monoisotopic (exact) mass is 279 g/mol. The lowest BCUT2D eigenvalue weighted by atomic mass is 9.68. The number of carbonyl (C=O) groups is 1. The first-order valence-electron chi connectivity index (χ1n) is 7.22. The van der Waals surface area contributed by atoms with Gasteiger partial charge in [0.15, 0.2) is 5.78 Å². The van der Waals surface area contributed by atoms with Crippen molar-refractivity contribution >= 4 is 5.78 Å². The Labute approximate surface area is 124 Å². The first-order valence-corrected chi connectivity index (χ1v) is 7.22. The lowest BCUT2D eigenvalue weighted by Crippen LogP contribution is -2.34. The van der Waals surface area contributed by atoms with E-state index in [1.165, 1.54) is 0 Å². The Balaban J connectivity index is 2.04. The van der Waals surface area contributed by atoms with Crippen LogP contribution in [0.15, 0.2) is 54.3 Å². The molecule has 106 valence electrons. The fourth-order valence-corrected chi connectivity index (χ4v) is 3.33. The van der Waals surface area contributed by atoms with Gasteiger partial charge in [0.25, 0.3) is 0 Å². The number of fused-ring (bicyclic) bond motifs is 1. The van der Waals surface area contributed by atoms with Crippen molar-refractivity contribution in [1.29, 1.82) is 5.26 Å². The van der Waals surface area contributed by atoms with Crippen LogP contribution in [0.25, 0.3) is 0 Å². The van der Waals surface area contributed by atoms with Crippen molar-refractivity contribution in [1.82, 2.24) is 0 Å². The molecular weight excluding hydrogens is 262 g/mol. The smallest absolute Gasteiger partial charge is 0.151 e. The molecule has 2 atom stereocenters. The highest BCUT2D eigenvalue weighted by atomic mass is 16.5. The SMILES string of the molecule is C=C1[C@@H](c2ccccc2)OC2=CCCC(=O)[C@@]12CCC#N. The van der Waals surface area contributed by atoms with Gasteiger partial charge in [-0.1, -0.05) is 36.9 Å². The normalized spacial score (nSPS) is 27.6. The molecule has 0 saturated carbocycles. The Hall–Kier alpha value is -2.34. The number of hydrogen-bond donors (Lipinski definition) is 0. The van der Waals surface area contributed by atoms with E-state index < -0.39 is 5.41 Å². The van der Waals surface area contributed by atoms with Crippen LogP contribution in [-0.4, -0.2) is 5.78 Å². The Morgan fingerprint density at radius 2 is 2.14 bits per heavy atom. The number of ether oxygens (including phenoxy) is 1. The number of carbonyl (C=O) groups excluding carboxylic acids is 1. The number of nitrogens with zero attached hydrogens (tertiary/aromatic N) is 1. The zero-order valence-corrected chi connectivity index (χ0v) is 11.8. The van der Waals surface area contributed by atoms with Crippen LogP contribution in [0.4, 0.5) is 0 Å². The van der Waals surface area contributed by atoms with Crippen LogP contribution in [-0.2, 0) is 9.53 Å². The molecule has 1 aromatic rings. The summed E-state index contributed by atoms with van der Waals surface area (Å²) in [5.74, 6) is 0.839. The number of ketones is 1. The zero-order chi connectivity index (χ0) is 14.9. The van der Waals surface area contributed by atoms with Crippen molar-refractivity contribution in [3.05, 3.63) is 59.9 Å². The predicted molar refractivity (Wildman–Crippen MR) is 79.0 cm³/mol. The molecule has 3 heteroatoms. The molecule has 2 aliphatic rings. The summed E-state index contributed by atoms with van der Waals surface area (Å²) in [6.45, 7) is 4.18. The predicted octanol–water partition coefficient (Wildman–Crippen LogP) is 3.85. The number of benzene rings is 1. The number of rotatable bonds is 3. The first kappa shape index (κ1) is 13.6. The van der Waals surface area contributed by atoms with Gasteiger partial charge in [-0.3, -0.25) is 4.79 Å². The second-order valence-corrected chi connectivity index (χ2v) is 5.53. The fraction of sp³-hybridized carbons (Fsp3) is 0.333. The van der Waals surface area contributed by atoms with Gasteiger partial charge < -0.3 is 4.74 Å². The molecule has 0 amide bonds. The standard InChI is InChI=1S/C18H17NO2/c1-13-17(14-7-3-2-4-8-14)21-16-10-5-9-15(20)18(13,16)11-6-12-19/h2-4,7-8,10,17H,1,5-6,9,11H2/t17-,18+/m0/s1. The summed E-state index contributed by atoms with van der Waals surface area (Å²) in [6.07, 6.45) is 3.70. The number of allylic oxidation sites excluding steroid dienone is 2. The number of nitriles is 1. The summed E-state index contributed by atoms with van der Waals surface area (Å²) in [5, 5.41) is 8.92. The van der Waals surface area contributed by atoms with Gasteiger partial charge >= 0.3 is 0 Å². The maximum Gasteiger partial charge on any atom is 0.151 e. The van der Waals surface area contributed by atoms with Gasteiger partial charge in [0.05, 0.1) is 6.07 Å². The largest absolute Gasteiger partial charge is 0.485 e. The average molecular weight is 279 g/mol. The molecule has 0 N–H and O–H groups in total. The van der Waals surface area contributed by atoms with Gasteiger partial charge in [0, 0.05) is 12.8 Å². The molecule has 3 rings (SSSR count). The van der Waals surface area contributed by atoms with E-state index in [0.29, 0.717) is 31.4 Å². The molecular formula is C18H17NO2.